The number of nitrogens with one attached hydrogen (secondary N) is 1. The fraction of sp³-hybridized carbons (Fsp3) is 0.300. The number of fused-ring (bicyclic) bond motifs is 1. The van der Waals surface area contributed by atoms with Crippen molar-refractivity contribution in [1.29, 1.82) is 0 Å². The molecule has 1 aromatic carbocycles. The molecule has 1 aliphatic heterocycles. The molecule has 1 amide bonds. The summed E-state index contributed by atoms with van der Waals surface area (Å²) in [6.45, 7) is 0. The molecule has 1 aliphatic carbocycles. The van der Waals surface area contributed by atoms with E-state index in [4.69, 9.17) is 4.42 Å². The van der Waals surface area contributed by atoms with Gasteiger partial charge in [0.25, 0.3) is 0 Å². The van der Waals surface area contributed by atoms with Gasteiger partial charge in [0.15, 0.2) is 11.0 Å². The molecular formula is C20H19N3O3S. The first-order valence-corrected chi connectivity index (χ1v) is 9.84. The summed E-state index contributed by atoms with van der Waals surface area (Å²) in [5, 5.41) is 10.5. The lowest BCUT2D eigenvalue weighted by Crippen LogP contribution is -2.26. The highest BCUT2D eigenvalue weighted by molar-refractivity contribution is 8.15. The van der Waals surface area contributed by atoms with Gasteiger partial charge in [-0.05, 0) is 55.0 Å². The van der Waals surface area contributed by atoms with Gasteiger partial charge in [0.05, 0.1) is 17.7 Å². The Bertz CT molecular complexity index is 919. The van der Waals surface area contributed by atoms with E-state index in [1.165, 1.54) is 41.9 Å². The Morgan fingerprint density at radius 3 is 2.93 bits per heavy atom. The van der Waals surface area contributed by atoms with Crippen molar-refractivity contribution in [2.75, 3.05) is 0 Å². The van der Waals surface area contributed by atoms with Crippen molar-refractivity contribution in [3.05, 3.63) is 59.0 Å². The molecule has 0 spiro atoms. The van der Waals surface area contributed by atoms with Crippen LogP contribution in [0.15, 0.2) is 51.2 Å². The molecular weight excluding hydrogens is 362 g/mol. The monoisotopic (exact) mass is 381 g/mol. The number of carbonyl (C=O) groups excluding carboxylic acids is 2. The predicted molar refractivity (Wildman–Crippen MR) is 105 cm³/mol. The maximum atomic E-state index is 12.6. The van der Waals surface area contributed by atoms with E-state index in [0.717, 1.165) is 12.8 Å². The van der Waals surface area contributed by atoms with Gasteiger partial charge >= 0.3 is 0 Å². The molecule has 27 heavy (non-hydrogen) atoms. The van der Waals surface area contributed by atoms with Crippen molar-refractivity contribution in [3.8, 4) is 0 Å². The van der Waals surface area contributed by atoms with Gasteiger partial charge in [-0.3, -0.25) is 9.59 Å². The molecule has 2 aliphatic rings. The predicted octanol–water partition coefficient (Wildman–Crippen LogP) is 3.35. The number of aryl methyl sites for hydroxylation is 2. The lowest BCUT2D eigenvalue weighted by molar-refractivity contribution is -0.118. The first-order chi connectivity index (χ1) is 13.2. The van der Waals surface area contributed by atoms with Gasteiger partial charge in [0.2, 0.25) is 5.91 Å². The topological polar surface area (TPSA) is 84.0 Å². The second-order valence-electron chi connectivity index (χ2n) is 6.58. The molecule has 1 fully saturated rings. The Kier molecular flexibility index (Phi) is 5.20. The van der Waals surface area contributed by atoms with Crippen molar-refractivity contribution in [3.63, 3.8) is 0 Å². The number of thioether (sulfide) groups is 1. The van der Waals surface area contributed by atoms with Crippen molar-refractivity contribution in [2.45, 2.75) is 37.4 Å². The second-order valence-corrected chi connectivity index (χ2v) is 7.77. The number of hydrogen-bond acceptors (Lipinski definition) is 6. The summed E-state index contributed by atoms with van der Waals surface area (Å²) in [7, 11) is 0. The minimum absolute atomic E-state index is 0.0173. The zero-order valence-corrected chi connectivity index (χ0v) is 15.5. The Balaban J connectivity index is 1.39. The van der Waals surface area contributed by atoms with Crippen LogP contribution in [0.25, 0.3) is 0 Å². The number of benzene rings is 1. The minimum atomic E-state index is -0.480. The molecule has 1 aromatic heterocycles. The van der Waals surface area contributed by atoms with E-state index >= 15 is 0 Å². The standard InChI is InChI=1S/C20H19N3O3S/c24-17(15-8-7-13-4-1-2-5-14(13)10-15)11-18-19(25)22-20(27-18)23-21-12-16-6-3-9-26-16/h3,6-10,12,18H,1-2,4-5,11H2,(H,22,23,25)/b21-12+. The summed E-state index contributed by atoms with van der Waals surface area (Å²) >= 11 is 1.23. The van der Waals surface area contributed by atoms with Gasteiger partial charge < -0.3 is 9.73 Å². The summed E-state index contributed by atoms with van der Waals surface area (Å²) < 4.78 is 5.12. The minimum Gasteiger partial charge on any atom is -0.463 e. The number of hydrogen-bond donors (Lipinski definition) is 1. The maximum Gasteiger partial charge on any atom is 0.240 e. The zero-order chi connectivity index (χ0) is 18.6. The third-order valence-electron chi connectivity index (χ3n) is 4.69. The quantitative estimate of drug-likeness (QED) is 0.489. The summed E-state index contributed by atoms with van der Waals surface area (Å²) in [5.41, 5.74) is 3.30. The Hall–Kier alpha value is -2.67. The number of rotatable bonds is 5. The Morgan fingerprint density at radius 1 is 1.26 bits per heavy atom. The van der Waals surface area contributed by atoms with Crippen LogP contribution in [0.4, 0.5) is 0 Å². The van der Waals surface area contributed by atoms with Gasteiger partial charge in [0, 0.05) is 12.0 Å². The highest BCUT2D eigenvalue weighted by Crippen LogP contribution is 2.26. The molecule has 138 valence electrons. The first kappa shape index (κ1) is 17.7. The van der Waals surface area contributed by atoms with E-state index in [9.17, 15) is 9.59 Å². The van der Waals surface area contributed by atoms with Crippen molar-refractivity contribution in [2.24, 2.45) is 10.2 Å². The van der Waals surface area contributed by atoms with Crippen molar-refractivity contribution >= 4 is 34.8 Å². The number of nitrogens with zero attached hydrogens (tertiary/aromatic N) is 2. The molecule has 1 N–H and O–H groups in total. The van der Waals surface area contributed by atoms with Crippen LogP contribution in [-0.2, 0) is 17.6 Å². The molecule has 4 rings (SSSR count). The molecule has 0 radical (unpaired) electrons. The maximum absolute atomic E-state index is 12.6. The van der Waals surface area contributed by atoms with Crippen LogP contribution in [-0.4, -0.2) is 28.3 Å². The molecule has 0 saturated carbocycles. The molecule has 2 heterocycles. The average Bonchev–Trinajstić information content (AvgIpc) is 3.31. The third kappa shape index (κ3) is 4.19. The Morgan fingerprint density at radius 2 is 2.11 bits per heavy atom. The van der Waals surface area contributed by atoms with E-state index < -0.39 is 5.25 Å². The molecule has 6 nitrogen and oxygen atoms in total. The highest BCUT2D eigenvalue weighted by atomic mass is 32.2. The number of carbonyl (C=O) groups is 2. The fourth-order valence-electron chi connectivity index (χ4n) is 3.28. The van der Waals surface area contributed by atoms with Crippen molar-refractivity contribution < 1.29 is 14.0 Å². The first-order valence-electron chi connectivity index (χ1n) is 8.96. The van der Waals surface area contributed by atoms with Gasteiger partial charge in [-0.1, -0.05) is 23.9 Å². The van der Waals surface area contributed by atoms with Crippen LogP contribution in [0.1, 0.15) is 46.5 Å². The molecule has 2 aromatic rings. The summed E-state index contributed by atoms with van der Waals surface area (Å²) in [4.78, 5) is 24.8. The van der Waals surface area contributed by atoms with Crippen LogP contribution < -0.4 is 5.32 Å². The van der Waals surface area contributed by atoms with Crippen LogP contribution in [0.5, 0.6) is 0 Å². The SMILES string of the molecule is O=C(CC1S/C(=N/N=C/c2ccco2)NC1=O)c1ccc2c(c1)CCCC2. The zero-order valence-electron chi connectivity index (χ0n) is 14.7. The van der Waals surface area contributed by atoms with Gasteiger partial charge in [-0.15, -0.1) is 5.10 Å². The van der Waals surface area contributed by atoms with Crippen LogP contribution in [0, 0.1) is 0 Å². The van der Waals surface area contributed by atoms with E-state index in [0.29, 0.717) is 16.5 Å². The molecule has 7 heteroatoms. The fourth-order valence-corrected chi connectivity index (χ4v) is 4.21. The normalized spacial score (nSPS) is 20.8. The summed E-state index contributed by atoms with van der Waals surface area (Å²) in [5.74, 6) is 0.349. The molecule has 0 bridgehead atoms. The number of furan rings is 1. The highest BCUT2D eigenvalue weighted by Gasteiger charge is 2.32. The van der Waals surface area contributed by atoms with E-state index in [-0.39, 0.29) is 18.1 Å². The van der Waals surface area contributed by atoms with Gasteiger partial charge in [-0.25, -0.2) is 0 Å². The molecule has 1 atom stereocenters. The van der Waals surface area contributed by atoms with Crippen LogP contribution in [0.2, 0.25) is 0 Å². The second kappa shape index (κ2) is 7.92. The summed E-state index contributed by atoms with van der Waals surface area (Å²) in [6.07, 6.45) is 7.65. The Labute approximate surface area is 161 Å². The number of Topliss-reactive ketones (excluding diaryl/α,β-unsaturated/α-hetero) is 1. The van der Waals surface area contributed by atoms with Crippen LogP contribution >= 0.6 is 11.8 Å². The lowest BCUT2D eigenvalue weighted by atomic mass is 9.89. The van der Waals surface area contributed by atoms with Gasteiger partial charge in [0.1, 0.15) is 5.76 Å². The number of amidine groups is 1. The third-order valence-corrected chi connectivity index (χ3v) is 5.77. The van der Waals surface area contributed by atoms with Gasteiger partial charge in [-0.2, -0.15) is 5.10 Å². The average molecular weight is 381 g/mol. The molecule has 1 unspecified atom stereocenters. The van der Waals surface area contributed by atoms with Crippen molar-refractivity contribution in [1.82, 2.24) is 5.32 Å². The smallest absolute Gasteiger partial charge is 0.240 e. The van der Waals surface area contributed by atoms with E-state index in [2.05, 4.69) is 21.6 Å². The lowest BCUT2D eigenvalue weighted by Gasteiger charge is -2.16. The number of ketones is 1. The van der Waals surface area contributed by atoms with Crippen LogP contribution in [0.3, 0.4) is 0 Å². The number of amides is 1. The largest absolute Gasteiger partial charge is 0.463 e. The molecule has 1 saturated heterocycles. The summed E-state index contributed by atoms with van der Waals surface area (Å²) in [6, 6.07) is 9.44. The van der Waals surface area contributed by atoms with E-state index in [1.54, 1.807) is 18.4 Å². The van der Waals surface area contributed by atoms with E-state index in [1.807, 2.05) is 12.1 Å².